The van der Waals surface area contributed by atoms with E-state index < -0.39 is 5.60 Å². The van der Waals surface area contributed by atoms with E-state index in [4.69, 9.17) is 4.74 Å². The van der Waals surface area contributed by atoms with Crippen molar-refractivity contribution in [3.8, 4) is 0 Å². The van der Waals surface area contributed by atoms with Crippen molar-refractivity contribution in [3.63, 3.8) is 0 Å². The molecular formula is C22H32O2. The van der Waals surface area contributed by atoms with E-state index in [-0.39, 0.29) is 10.8 Å². The summed E-state index contributed by atoms with van der Waals surface area (Å²) in [5.74, 6) is 3.39. The van der Waals surface area contributed by atoms with Crippen LogP contribution in [0.3, 0.4) is 0 Å². The Hall–Kier alpha value is -0.760. The Labute approximate surface area is 146 Å². The molecule has 2 nitrogen and oxygen atoms in total. The lowest BCUT2D eigenvalue weighted by Crippen LogP contribution is -2.54. The number of hydrogen-bond acceptors (Lipinski definition) is 2. The van der Waals surface area contributed by atoms with E-state index in [2.05, 4.69) is 19.9 Å². The Morgan fingerprint density at radius 3 is 2.88 bits per heavy atom. The SMILES string of the molecule is CCCC12CC3=C(CC=C(OC)C3)[C@H]3CC[C@@]4(C)C(CCC14O)C32. The van der Waals surface area contributed by atoms with E-state index in [1.807, 2.05) is 7.11 Å². The van der Waals surface area contributed by atoms with E-state index in [1.165, 1.54) is 32.1 Å². The monoisotopic (exact) mass is 328 g/mol. The third-order valence-electron chi connectivity index (χ3n) is 9.21. The predicted molar refractivity (Wildman–Crippen MR) is 95.3 cm³/mol. The Morgan fingerprint density at radius 2 is 2.12 bits per heavy atom. The van der Waals surface area contributed by atoms with Gasteiger partial charge in [-0.1, -0.05) is 31.4 Å². The molecule has 3 fully saturated rings. The highest BCUT2D eigenvalue weighted by atomic mass is 16.5. The summed E-state index contributed by atoms with van der Waals surface area (Å²) < 4.78 is 5.60. The average molecular weight is 328 g/mol. The summed E-state index contributed by atoms with van der Waals surface area (Å²) in [4.78, 5) is 0. The third-order valence-corrected chi connectivity index (χ3v) is 9.21. The molecule has 0 aromatic heterocycles. The van der Waals surface area contributed by atoms with Gasteiger partial charge < -0.3 is 9.84 Å². The molecule has 0 aliphatic heterocycles. The molecule has 5 aliphatic rings. The highest BCUT2D eigenvalue weighted by molar-refractivity contribution is 5.41. The van der Waals surface area contributed by atoms with Gasteiger partial charge in [0.2, 0.25) is 0 Å². The molecule has 0 aromatic rings. The Kier molecular flexibility index (Phi) is 3.03. The summed E-state index contributed by atoms with van der Waals surface area (Å²) in [5.41, 5.74) is 3.28. The number of ether oxygens (including phenoxy) is 1. The van der Waals surface area contributed by atoms with E-state index in [1.54, 1.807) is 11.1 Å². The molecule has 0 spiro atoms. The van der Waals surface area contributed by atoms with Crippen molar-refractivity contribution in [2.45, 2.75) is 77.2 Å². The highest BCUT2D eigenvalue weighted by Gasteiger charge is 2.79. The fourth-order valence-corrected chi connectivity index (χ4v) is 8.48. The van der Waals surface area contributed by atoms with Crippen LogP contribution < -0.4 is 0 Å². The summed E-state index contributed by atoms with van der Waals surface area (Å²) >= 11 is 0. The lowest BCUT2D eigenvalue weighted by atomic mass is 9.50. The van der Waals surface area contributed by atoms with Crippen LogP contribution in [0.4, 0.5) is 0 Å². The molecule has 132 valence electrons. The van der Waals surface area contributed by atoms with Gasteiger partial charge in [0.25, 0.3) is 0 Å². The average Bonchev–Trinajstić information content (AvgIpc) is 2.92. The van der Waals surface area contributed by atoms with Gasteiger partial charge in [-0.3, -0.25) is 0 Å². The number of hydrogen-bond donors (Lipinski definition) is 1. The Balaban J connectivity index is 1.66. The first-order valence-corrected chi connectivity index (χ1v) is 10.2. The topological polar surface area (TPSA) is 29.5 Å². The van der Waals surface area contributed by atoms with Gasteiger partial charge in [0.05, 0.1) is 18.5 Å². The fourth-order valence-electron chi connectivity index (χ4n) is 8.48. The number of fused-ring (bicyclic) bond motifs is 2. The van der Waals surface area contributed by atoms with E-state index >= 15 is 0 Å². The quantitative estimate of drug-likeness (QED) is 0.740. The maximum Gasteiger partial charge on any atom is 0.0959 e. The van der Waals surface area contributed by atoms with Gasteiger partial charge in [0.1, 0.15) is 0 Å². The molecule has 24 heavy (non-hydrogen) atoms. The Bertz CT molecular complexity index is 646. The summed E-state index contributed by atoms with van der Waals surface area (Å²) in [7, 11) is 1.81. The normalized spacial score (nSPS) is 51.5. The molecule has 3 saturated carbocycles. The van der Waals surface area contributed by atoms with E-state index in [0.717, 1.165) is 49.2 Å². The molecule has 0 saturated heterocycles. The lowest BCUT2D eigenvalue weighted by molar-refractivity contribution is -0.136. The molecule has 0 amide bonds. The van der Waals surface area contributed by atoms with Crippen LogP contribution in [0.25, 0.3) is 0 Å². The van der Waals surface area contributed by atoms with E-state index in [9.17, 15) is 5.11 Å². The smallest absolute Gasteiger partial charge is 0.0959 e. The molecule has 4 bridgehead atoms. The molecule has 1 N–H and O–H groups in total. The standard InChI is InChI=1S/C22H32O2/c1-4-9-21-13-14-12-15(24-3)5-6-16(14)17-7-10-20(2)18(19(17)21)8-11-22(20,21)23/h5,17-19,23H,4,6-13H2,1-3H3/t17-,18?,19?,20+,21?,22?/m1/s1. The summed E-state index contributed by atoms with van der Waals surface area (Å²) in [6, 6.07) is 0. The van der Waals surface area contributed by atoms with Crippen LogP contribution >= 0.6 is 0 Å². The van der Waals surface area contributed by atoms with Gasteiger partial charge in [-0.05, 0) is 68.8 Å². The molecule has 0 heterocycles. The van der Waals surface area contributed by atoms with Crippen LogP contribution in [-0.2, 0) is 4.74 Å². The largest absolute Gasteiger partial charge is 0.501 e. The van der Waals surface area contributed by atoms with Crippen molar-refractivity contribution in [2.75, 3.05) is 7.11 Å². The maximum atomic E-state index is 12.1. The zero-order valence-corrected chi connectivity index (χ0v) is 15.5. The number of rotatable bonds is 3. The molecule has 4 unspecified atom stereocenters. The van der Waals surface area contributed by atoms with Crippen LogP contribution in [-0.4, -0.2) is 17.8 Å². The van der Waals surface area contributed by atoms with Crippen LogP contribution in [0.5, 0.6) is 0 Å². The van der Waals surface area contributed by atoms with Gasteiger partial charge in [0.15, 0.2) is 0 Å². The second-order valence-corrected chi connectivity index (χ2v) is 9.56. The van der Waals surface area contributed by atoms with Crippen molar-refractivity contribution in [3.05, 3.63) is 23.0 Å². The van der Waals surface area contributed by atoms with Gasteiger partial charge >= 0.3 is 0 Å². The molecule has 5 rings (SSSR count). The van der Waals surface area contributed by atoms with Crippen molar-refractivity contribution < 1.29 is 9.84 Å². The van der Waals surface area contributed by atoms with Gasteiger partial charge in [-0.2, -0.15) is 0 Å². The van der Waals surface area contributed by atoms with E-state index in [0.29, 0.717) is 0 Å². The first-order valence-electron chi connectivity index (χ1n) is 10.2. The minimum Gasteiger partial charge on any atom is -0.501 e. The van der Waals surface area contributed by atoms with Gasteiger partial charge in [-0.25, -0.2) is 0 Å². The minimum absolute atomic E-state index is 0.148. The second kappa shape index (κ2) is 4.69. The molecule has 0 radical (unpaired) electrons. The third kappa shape index (κ3) is 1.46. The molecule has 6 atom stereocenters. The minimum atomic E-state index is -0.424. The first-order chi connectivity index (χ1) is 11.5. The zero-order valence-electron chi connectivity index (χ0n) is 15.5. The van der Waals surface area contributed by atoms with Crippen LogP contribution in [0.15, 0.2) is 23.0 Å². The molecular weight excluding hydrogens is 296 g/mol. The highest BCUT2D eigenvalue weighted by Crippen LogP contribution is 2.81. The molecule has 2 heteroatoms. The lowest BCUT2D eigenvalue weighted by Gasteiger charge is -2.55. The number of allylic oxidation sites excluding steroid dienone is 3. The second-order valence-electron chi connectivity index (χ2n) is 9.56. The zero-order chi connectivity index (χ0) is 16.7. The van der Waals surface area contributed by atoms with Crippen LogP contribution in [0.1, 0.15) is 71.6 Å². The van der Waals surface area contributed by atoms with Crippen molar-refractivity contribution in [1.29, 1.82) is 0 Å². The number of methoxy groups -OCH3 is 1. The molecule has 0 aromatic carbocycles. The van der Waals surface area contributed by atoms with Crippen LogP contribution in [0.2, 0.25) is 0 Å². The summed E-state index contributed by atoms with van der Waals surface area (Å²) in [5, 5.41) is 12.1. The first kappa shape index (κ1) is 15.5. The predicted octanol–water partition coefficient (Wildman–Crippen LogP) is 4.98. The van der Waals surface area contributed by atoms with Crippen molar-refractivity contribution in [2.24, 2.45) is 28.6 Å². The van der Waals surface area contributed by atoms with Gasteiger partial charge in [-0.15, -0.1) is 0 Å². The van der Waals surface area contributed by atoms with Crippen LogP contribution in [0, 0.1) is 28.6 Å². The molecule has 5 aliphatic carbocycles. The fraction of sp³-hybridized carbons (Fsp3) is 0.818. The number of aliphatic hydroxyl groups is 1. The van der Waals surface area contributed by atoms with Crippen molar-refractivity contribution in [1.82, 2.24) is 0 Å². The maximum absolute atomic E-state index is 12.1. The van der Waals surface area contributed by atoms with Gasteiger partial charge in [0, 0.05) is 17.3 Å². The summed E-state index contributed by atoms with van der Waals surface area (Å²) in [6.45, 7) is 4.76. The Morgan fingerprint density at radius 1 is 1.29 bits per heavy atom. The summed E-state index contributed by atoms with van der Waals surface area (Å²) in [6.07, 6.45) is 12.8. The van der Waals surface area contributed by atoms with Crippen molar-refractivity contribution >= 4 is 0 Å².